The number of aliphatic imine (C=N–C) groups is 1. The number of nitrogens with one attached hydrogen (secondary N) is 2. The number of hydrogen-bond donors (Lipinski definition) is 2. The second kappa shape index (κ2) is 10.2. The normalized spacial score (nSPS) is 23.6. The summed E-state index contributed by atoms with van der Waals surface area (Å²) in [6.07, 6.45) is 3.91. The number of hydrogen-bond acceptors (Lipinski definition) is 3. The minimum absolute atomic E-state index is 0.0262. The van der Waals surface area contributed by atoms with Crippen LogP contribution in [0, 0.1) is 11.6 Å². The topological polar surface area (TPSA) is 48.9 Å². The summed E-state index contributed by atoms with van der Waals surface area (Å²) in [7, 11) is 1.74. The molecule has 156 valence electrons. The number of guanidine groups is 1. The van der Waals surface area contributed by atoms with E-state index in [4.69, 9.17) is 4.74 Å². The van der Waals surface area contributed by atoms with Crippen molar-refractivity contribution in [1.29, 1.82) is 0 Å². The fourth-order valence-corrected chi connectivity index (χ4v) is 3.93. The van der Waals surface area contributed by atoms with E-state index in [9.17, 15) is 8.78 Å². The van der Waals surface area contributed by atoms with Crippen LogP contribution in [0.3, 0.4) is 0 Å². The number of benzene rings is 1. The van der Waals surface area contributed by atoms with Gasteiger partial charge in [-0.1, -0.05) is 6.07 Å². The summed E-state index contributed by atoms with van der Waals surface area (Å²) >= 11 is 0. The van der Waals surface area contributed by atoms with E-state index in [0.29, 0.717) is 12.6 Å². The molecule has 2 N–H and O–H groups in total. The van der Waals surface area contributed by atoms with Crippen molar-refractivity contribution in [3.05, 3.63) is 35.4 Å². The van der Waals surface area contributed by atoms with Crippen LogP contribution in [0.4, 0.5) is 8.78 Å². The second-order valence-corrected chi connectivity index (χ2v) is 7.66. The Bertz CT molecular complexity index is 642. The average molecular weight is 395 g/mol. The molecule has 0 bridgehead atoms. The van der Waals surface area contributed by atoms with Crippen molar-refractivity contribution in [2.24, 2.45) is 4.99 Å². The minimum atomic E-state index is -0.461. The van der Waals surface area contributed by atoms with E-state index in [1.165, 1.54) is 18.2 Å². The maximum absolute atomic E-state index is 14.0. The Morgan fingerprint density at radius 3 is 2.57 bits per heavy atom. The predicted molar refractivity (Wildman–Crippen MR) is 108 cm³/mol. The van der Waals surface area contributed by atoms with Crippen molar-refractivity contribution in [2.45, 2.75) is 50.6 Å². The molecule has 1 heterocycles. The molecule has 1 aromatic carbocycles. The maximum atomic E-state index is 14.0. The van der Waals surface area contributed by atoms with Crippen molar-refractivity contribution >= 4 is 5.96 Å². The first-order chi connectivity index (χ1) is 13.6. The molecule has 2 unspecified atom stereocenters. The third kappa shape index (κ3) is 5.64. The molecule has 1 saturated carbocycles. The summed E-state index contributed by atoms with van der Waals surface area (Å²) in [5.41, 5.74) is 0.195. The molecule has 2 aliphatic rings. The predicted octanol–water partition coefficient (Wildman–Crippen LogP) is 2.88. The van der Waals surface area contributed by atoms with Crippen LogP contribution in [0.25, 0.3) is 0 Å². The van der Waals surface area contributed by atoms with Crippen LogP contribution >= 0.6 is 0 Å². The SMILES string of the molecule is CCN=C(NC1CCN(CCCOC)CC1)NC1CC1c1c(F)cccc1F. The number of ether oxygens (including phenoxy) is 1. The Hall–Kier alpha value is -1.73. The summed E-state index contributed by atoms with van der Waals surface area (Å²) < 4.78 is 33.1. The van der Waals surface area contributed by atoms with Crippen molar-refractivity contribution in [2.75, 3.05) is 39.9 Å². The van der Waals surface area contributed by atoms with Gasteiger partial charge in [0, 0.05) is 63.5 Å². The van der Waals surface area contributed by atoms with Crippen molar-refractivity contribution in [1.82, 2.24) is 15.5 Å². The molecule has 1 aliphatic heterocycles. The van der Waals surface area contributed by atoms with E-state index in [0.717, 1.165) is 57.9 Å². The van der Waals surface area contributed by atoms with Crippen LogP contribution in [-0.4, -0.2) is 62.8 Å². The zero-order chi connectivity index (χ0) is 19.9. The molecule has 2 atom stereocenters. The van der Waals surface area contributed by atoms with Gasteiger partial charge in [0.1, 0.15) is 11.6 Å². The molecule has 2 fully saturated rings. The third-order valence-corrected chi connectivity index (χ3v) is 5.55. The zero-order valence-corrected chi connectivity index (χ0v) is 16.9. The highest BCUT2D eigenvalue weighted by molar-refractivity contribution is 5.81. The largest absolute Gasteiger partial charge is 0.385 e. The van der Waals surface area contributed by atoms with E-state index in [2.05, 4.69) is 20.5 Å². The monoisotopic (exact) mass is 394 g/mol. The lowest BCUT2D eigenvalue weighted by Crippen LogP contribution is -2.49. The van der Waals surface area contributed by atoms with Gasteiger partial charge in [-0.05, 0) is 44.7 Å². The number of nitrogens with zero attached hydrogens (tertiary/aromatic N) is 2. The van der Waals surface area contributed by atoms with E-state index >= 15 is 0 Å². The molecular weight excluding hydrogens is 362 g/mol. The lowest BCUT2D eigenvalue weighted by atomic mass is 10.1. The van der Waals surface area contributed by atoms with Gasteiger partial charge in [0.25, 0.3) is 0 Å². The molecule has 1 aliphatic carbocycles. The highest BCUT2D eigenvalue weighted by Gasteiger charge is 2.42. The highest BCUT2D eigenvalue weighted by Crippen LogP contribution is 2.43. The van der Waals surface area contributed by atoms with Gasteiger partial charge in [-0.15, -0.1) is 0 Å². The first kappa shape index (κ1) is 21.0. The fraction of sp³-hybridized carbons (Fsp3) is 0.667. The summed E-state index contributed by atoms with van der Waals surface area (Å²) in [5.74, 6) is -0.300. The van der Waals surface area contributed by atoms with E-state index in [1.807, 2.05) is 6.92 Å². The molecule has 0 spiro atoms. The maximum Gasteiger partial charge on any atom is 0.191 e. The standard InChI is InChI=1S/C21H32F2N4O/c1-3-24-21(25-15-8-11-27(12-9-15)10-5-13-28-2)26-19-14-16(19)20-17(22)6-4-7-18(20)23/h4,6-7,15-16,19H,3,5,8-14H2,1-2H3,(H2,24,25,26). The smallest absolute Gasteiger partial charge is 0.191 e. The lowest BCUT2D eigenvalue weighted by Gasteiger charge is -2.33. The Labute approximate surface area is 166 Å². The first-order valence-electron chi connectivity index (χ1n) is 10.3. The number of likely N-dealkylation sites (tertiary alicyclic amines) is 1. The van der Waals surface area contributed by atoms with Gasteiger partial charge in [-0.3, -0.25) is 4.99 Å². The van der Waals surface area contributed by atoms with Gasteiger partial charge < -0.3 is 20.3 Å². The van der Waals surface area contributed by atoms with E-state index < -0.39 is 11.6 Å². The van der Waals surface area contributed by atoms with Crippen LogP contribution in [-0.2, 0) is 4.74 Å². The van der Waals surface area contributed by atoms with Crippen LogP contribution in [0.2, 0.25) is 0 Å². The van der Waals surface area contributed by atoms with Gasteiger partial charge in [0.15, 0.2) is 5.96 Å². The van der Waals surface area contributed by atoms with Gasteiger partial charge in [0.05, 0.1) is 0 Å². The molecule has 0 aromatic heterocycles. The quantitative estimate of drug-likeness (QED) is 0.404. The van der Waals surface area contributed by atoms with Crippen molar-refractivity contribution in [3.8, 4) is 0 Å². The second-order valence-electron chi connectivity index (χ2n) is 7.66. The summed E-state index contributed by atoms with van der Waals surface area (Å²) in [5, 5.41) is 6.89. The summed E-state index contributed by atoms with van der Waals surface area (Å²) in [4.78, 5) is 7.00. The molecule has 28 heavy (non-hydrogen) atoms. The average Bonchev–Trinajstić information content (AvgIpc) is 3.42. The molecule has 1 saturated heterocycles. The van der Waals surface area contributed by atoms with Crippen molar-refractivity contribution < 1.29 is 13.5 Å². The third-order valence-electron chi connectivity index (χ3n) is 5.55. The van der Waals surface area contributed by atoms with Crippen LogP contribution in [0.1, 0.15) is 44.1 Å². The molecule has 3 rings (SSSR count). The summed E-state index contributed by atoms with van der Waals surface area (Å²) in [6, 6.07) is 4.46. The number of methoxy groups -OCH3 is 1. The lowest BCUT2D eigenvalue weighted by molar-refractivity contribution is 0.155. The van der Waals surface area contributed by atoms with E-state index in [-0.39, 0.29) is 17.5 Å². The first-order valence-corrected chi connectivity index (χ1v) is 10.3. The Kier molecular flexibility index (Phi) is 7.62. The Morgan fingerprint density at radius 1 is 1.21 bits per heavy atom. The van der Waals surface area contributed by atoms with Gasteiger partial charge >= 0.3 is 0 Å². The molecule has 5 nitrogen and oxygen atoms in total. The van der Waals surface area contributed by atoms with Crippen LogP contribution < -0.4 is 10.6 Å². The fourth-order valence-electron chi connectivity index (χ4n) is 3.93. The van der Waals surface area contributed by atoms with Crippen LogP contribution in [0.5, 0.6) is 0 Å². The molecular formula is C21H32F2N4O. The van der Waals surface area contributed by atoms with Gasteiger partial charge in [0.2, 0.25) is 0 Å². The number of halogens is 2. The van der Waals surface area contributed by atoms with Crippen LogP contribution in [0.15, 0.2) is 23.2 Å². The van der Waals surface area contributed by atoms with Crippen molar-refractivity contribution in [3.63, 3.8) is 0 Å². The number of piperidine rings is 1. The molecule has 0 radical (unpaired) electrons. The van der Waals surface area contributed by atoms with Gasteiger partial charge in [-0.25, -0.2) is 8.78 Å². The zero-order valence-electron chi connectivity index (χ0n) is 16.9. The Balaban J connectivity index is 1.47. The number of rotatable bonds is 8. The molecule has 7 heteroatoms. The minimum Gasteiger partial charge on any atom is -0.385 e. The summed E-state index contributed by atoms with van der Waals surface area (Å²) in [6.45, 7) is 6.66. The van der Waals surface area contributed by atoms with E-state index in [1.54, 1.807) is 7.11 Å². The van der Waals surface area contributed by atoms with Gasteiger partial charge in [-0.2, -0.15) is 0 Å². The molecule has 1 aromatic rings. The Morgan fingerprint density at radius 2 is 1.93 bits per heavy atom. The highest BCUT2D eigenvalue weighted by atomic mass is 19.1. The molecule has 0 amide bonds.